The molecule has 0 spiro atoms. The summed E-state index contributed by atoms with van der Waals surface area (Å²) in [6.45, 7) is 6.88. The first kappa shape index (κ1) is 14.0. The number of allylic oxidation sites excluding steroid dienone is 1. The number of hydrogen-bond donors (Lipinski definition) is 0. The highest BCUT2D eigenvalue weighted by Gasteiger charge is 1.89. The minimum atomic E-state index is -0.738. The van der Waals surface area contributed by atoms with Crippen LogP contribution in [0.2, 0.25) is 0 Å². The molecule has 0 saturated heterocycles. The van der Waals surface area contributed by atoms with Crippen molar-refractivity contribution < 1.29 is 14.3 Å². The van der Waals surface area contributed by atoms with Crippen LogP contribution in [0.15, 0.2) is 12.2 Å². The summed E-state index contributed by atoms with van der Waals surface area (Å²) >= 11 is 9.59. The Labute approximate surface area is 81.3 Å². The Morgan fingerprint density at radius 1 is 1.42 bits per heavy atom. The summed E-state index contributed by atoms with van der Waals surface area (Å²) in [5, 5.41) is -0.463. The molecule has 0 aliphatic carbocycles. The third kappa shape index (κ3) is 16.2. The first-order valence-electron chi connectivity index (χ1n) is 3.09. The molecule has 5 heteroatoms. The van der Waals surface area contributed by atoms with E-state index in [0.29, 0.717) is 12.2 Å². The fourth-order valence-electron chi connectivity index (χ4n) is 0.113. The molecule has 0 aromatic carbocycles. The van der Waals surface area contributed by atoms with Gasteiger partial charge in [-0.15, -0.1) is 0 Å². The van der Waals surface area contributed by atoms with Gasteiger partial charge in [-0.25, -0.2) is 4.79 Å². The fourth-order valence-corrected chi connectivity index (χ4v) is 0.223. The van der Waals surface area contributed by atoms with E-state index >= 15 is 0 Å². The SMILES string of the molecule is C=C(C)C(=O)Cl.CCOC(=O)Cl. The summed E-state index contributed by atoms with van der Waals surface area (Å²) < 4.78 is 4.17. The van der Waals surface area contributed by atoms with E-state index in [4.69, 9.17) is 23.2 Å². The summed E-state index contributed by atoms with van der Waals surface area (Å²) in [7, 11) is 0. The van der Waals surface area contributed by atoms with Crippen LogP contribution in [0.4, 0.5) is 4.79 Å². The summed E-state index contributed by atoms with van der Waals surface area (Å²) in [6.07, 6.45) is 0. The first-order valence-corrected chi connectivity index (χ1v) is 3.85. The van der Waals surface area contributed by atoms with E-state index in [1.165, 1.54) is 0 Å². The second-order valence-electron chi connectivity index (χ2n) is 1.72. The van der Waals surface area contributed by atoms with E-state index in [2.05, 4.69) is 11.3 Å². The molecule has 0 bridgehead atoms. The maximum atomic E-state index is 9.81. The number of carbonyl (C=O) groups excluding carboxylic acids is 2. The molecule has 0 atom stereocenters. The van der Waals surface area contributed by atoms with Gasteiger partial charge in [0.05, 0.1) is 6.61 Å². The monoisotopic (exact) mass is 212 g/mol. The maximum absolute atomic E-state index is 9.81. The highest BCUT2D eigenvalue weighted by Crippen LogP contribution is 1.91. The Morgan fingerprint density at radius 3 is 1.75 bits per heavy atom. The van der Waals surface area contributed by atoms with Crippen molar-refractivity contribution in [2.24, 2.45) is 0 Å². The first-order chi connectivity index (χ1) is 5.41. The van der Waals surface area contributed by atoms with Crippen molar-refractivity contribution >= 4 is 33.9 Å². The molecule has 0 aromatic rings. The third-order valence-electron chi connectivity index (χ3n) is 0.593. The van der Waals surface area contributed by atoms with Crippen LogP contribution >= 0.6 is 23.2 Å². The lowest BCUT2D eigenvalue weighted by Crippen LogP contribution is -1.89. The highest BCUT2D eigenvalue weighted by atomic mass is 35.5. The van der Waals surface area contributed by atoms with Crippen molar-refractivity contribution in [2.45, 2.75) is 13.8 Å². The van der Waals surface area contributed by atoms with Crippen LogP contribution in [0.3, 0.4) is 0 Å². The van der Waals surface area contributed by atoms with Crippen LogP contribution in [-0.4, -0.2) is 17.3 Å². The molecule has 3 nitrogen and oxygen atoms in total. The lowest BCUT2D eigenvalue weighted by Gasteiger charge is -1.86. The second kappa shape index (κ2) is 8.56. The van der Waals surface area contributed by atoms with Gasteiger partial charge < -0.3 is 4.74 Å². The minimum absolute atomic E-state index is 0.350. The largest absolute Gasteiger partial charge is 0.454 e. The van der Waals surface area contributed by atoms with Gasteiger partial charge in [0.15, 0.2) is 0 Å². The van der Waals surface area contributed by atoms with Gasteiger partial charge in [0.2, 0.25) is 5.24 Å². The van der Waals surface area contributed by atoms with Crippen LogP contribution in [0.25, 0.3) is 0 Å². The van der Waals surface area contributed by atoms with Gasteiger partial charge in [-0.05, 0) is 25.4 Å². The number of ether oxygens (including phenoxy) is 1. The van der Waals surface area contributed by atoms with Gasteiger partial charge in [0.25, 0.3) is 0 Å². The Balaban J connectivity index is 0. The van der Waals surface area contributed by atoms with Crippen molar-refractivity contribution in [3.05, 3.63) is 12.2 Å². The van der Waals surface area contributed by atoms with Gasteiger partial charge in [-0.2, -0.15) is 0 Å². The third-order valence-corrected chi connectivity index (χ3v) is 1.03. The average molecular weight is 213 g/mol. The fraction of sp³-hybridized carbons (Fsp3) is 0.429. The number of hydrogen-bond acceptors (Lipinski definition) is 3. The molecular weight excluding hydrogens is 203 g/mol. The zero-order chi connectivity index (χ0) is 10.1. The summed E-state index contributed by atoms with van der Waals surface area (Å²) in [5.74, 6) is 0. The van der Waals surface area contributed by atoms with Crippen molar-refractivity contribution in [3.63, 3.8) is 0 Å². The van der Waals surface area contributed by atoms with E-state index in [0.717, 1.165) is 0 Å². The lowest BCUT2D eigenvalue weighted by atomic mass is 10.4. The Bertz CT molecular complexity index is 165. The Hall–Kier alpha value is -0.540. The van der Waals surface area contributed by atoms with Gasteiger partial charge in [0, 0.05) is 17.2 Å². The van der Waals surface area contributed by atoms with E-state index in [1.54, 1.807) is 13.8 Å². The molecule has 0 radical (unpaired) electrons. The molecule has 0 N–H and O–H groups in total. The molecule has 12 heavy (non-hydrogen) atoms. The van der Waals surface area contributed by atoms with Crippen LogP contribution < -0.4 is 0 Å². The Kier molecular flexibility index (Phi) is 9.99. The molecule has 0 aromatic heterocycles. The smallest absolute Gasteiger partial charge is 0.403 e. The van der Waals surface area contributed by atoms with E-state index in [-0.39, 0.29) is 0 Å². The second-order valence-corrected chi connectivity index (χ2v) is 2.38. The molecule has 0 aliphatic rings. The average Bonchev–Trinajstić information content (AvgIpc) is 1.87. The highest BCUT2D eigenvalue weighted by molar-refractivity contribution is 6.67. The summed E-state index contributed by atoms with van der Waals surface area (Å²) in [6, 6.07) is 0. The molecule has 70 valence electrons. The van der Waals surface area contributed by atoms with Gasteiger partial charge >= 0.3 is 5.43 Å². The molecule has 0 unspecified atom stereocenters. The van der Waals surface area contributed by atoms with Gasteiger partial charge in [-0.3, -0.25) is 4.79 Å². The standard InChI is InChI=1S/C4H5ClO.C3H5ClO2/c1-3(2)4(5)6;1-2-6-3(4)5/h1H2,2H3;2H2,1H3. The van der Waals surface area contributed by atoms with Crippen molar-refractivity contribution in [3.8, 4) is 0 Å². The lowest BCUT2D eigenvalue weighted by molar-refractivity contribution is -0.108. The summed E-state index contributed by atoms with van der Waals surface area (Å²) in [4.78, 5) is 19.4. The molecule has 0 amide bonds. The van der Waals surface area contributed by atoms with E-state index < -0.39 is 10.7 Å². The molecule has 0 heterocycles. The molecule has 0 rings (SSSR count). The van der Waals surface area contributed by atoms with Crippen LogP contribution in [0.5, 0.6) is 0 Å². The van der Waals surface area contributed by atoms with Gasteiger partial charge in [0.1, 0.15) is 0 Å². The predicted octanol–water partition coefficient (Wildman–Crippen LogP) is 2.71. The molecular formula is C7H10Cl2O3. The zero-order valence-electron chi connectivity index (χ0n) is 6.89. The Morgan fingerprint density at radius 2 is 1.75 bits per heavy atom. The number of halogens is 2. The van der Waals surface area contributed by atoms with Crippen LogP contribution in [0.1, 0.15) is 13.8 Å². The van der Waals surface area contributed by atoms with E-state index in [9.17, 15) is 9.59 Å². The van der Waals surface area contributed by atoms with Crippen LogP contribution in [0, 0.1) is 0 Å². The van der Waals surface area contributed by atoms with Gasteiger partial charge in [-0.1, -0.05) is 6.58 Å². The van der Waals surface area contributed by atoms with Crippen molar-refractivity contribution in [2.75, 3.05) is 6.61 Å². The molecule has 0 saturated carbocycles. The van der Waals surface area contributed by atoms with Crippen LogP contribution in [-0.2, 0) is 9.53 Å². The van der Waals surface area contributed by atoms with E-state index in [1.807, 2.05) is 0 Å². The van der Waals surface area contributed by atoms with Crippen molar-refractivity contribution in [1.82, 2.24) is 0 Å². The number of carbonyl (C=O) groups is 2. The topological polar surface area (TPSA) is 43.4 Å². The number of rotatable bonds is 2. The normalized spacial score (nSPS) is 7.67. The summed E-state index contributed by atoms with van der Waals surface area (Å²) in [5.41, 5.74) is -0.353. The quantitative estimate of drug-likeness (QED) is 0.523. The predicted molar refractivity (Wildman–Crippen MR) is 48.5 cm³/mol. The maximum Gasteiger partial charge on any atom is 0.403 e. The molecule has 0 aliphatic heterocycles. The van der Waals surface area contributed by atoms with Crippen molar-refractivity contribution in [1.29, 1.82) is 0 Å². The minimum Gasteiger partial charge on any atom is -0.454 e. The molecule has 0 fully saturated rings. The zero-order valence-corrected chi connectivity index (χ0v) is 8.41.